The number of carbonyl (C=O) groups excluding carboxylic acids is 2. The van der Waals surface area contributed by atoms with Crippen LogP contribution in [0.15, 0.2) is 30.3 Å². The topological polar surface area (TPSA) is 66.4 Å². The van der Waals surface area contributed by atoms with Crippen LogP contribution in [0.2, 0.25) is 0 Å². The van der Waals surface area contributed by atoms with Crippen molar-refractivity contribution < 1.29 is 9.59 Å². The van der Waals surface area contributed by atoms with Crippen LogP contribution in [0.1, 0.15) is 40.7 Å². The minimum atomic E-state index is -0.0692. The number of benzene rings is 1. The summed E-state index contributed by atoms with van der Waals surface area (Å²) in [5, 5.41) is 3.92. The van der Waals surface area contributed by atoms with E-state index in [2.05, 4.69) is 16.5 Å². The first kappa shape index (κ1) is 17.5. The molecule has 0 bridgehead atoms. The average molecular weight is 358 g/mol. The van der Waals surface area contributed by atoms with Crippen LogP contribution in [0.4, 0.5) is 0 Å². The van der Waals surface area contributed by atoms with Gasteiger partial charge in [0.2, 0.25) is 5.91 Å². The first-order valence-corrected chi connectivity index (χ1v) is 9.29. The van der Waals surface area contributed by atoms with Gasteiger partial charge in [-0.25, -0.2) is 0 Å². The van der Waals surface area contributed by atoms with Gasteiger partial charge < -0.3 is 9.80 Å². The van der Waals surface area contributed by atoms with Crippen molar-refractivity contribution in [3.05, 3.63) is 46.5 Å². The Hall–Kier alpha value is -2.28. The van der Waals surface area contributed by atoms with E-state index in [0.29, 0.717) is 36.6 Å². The second-order valence-corrected chi connectivity index (χ2v) is 7.01. The number of aryl methyl sites for hydroxylation is 1. The molecule has 1 aliphatic heterocycles. The Morgan fingerprint density at radius 1 is 1.32 bits per heavy atom. The minimum Gasteiger partial charge on any atom is -0.335 e. The van der Waals surface area contributed by atoms with Crippen molar-refractivity contribution in [1.82, 2.24) is 19.4 Å². The molecule has 1 saturated heterocycles. The summed E-state index contributed by atoms with van der Waals surface area (Å²) >= 11 is 1.12. The van der Waals surface area contributed by atoms with Crippen LogP contribution < -0.4 is 0 Å². The summed E-state index contributed by atoms with van der Waals surface area (Å²) in [6.07, 6.45) is 1.16. The molecular weight excluding hydrogens is 336 g/mol. The molecule has 6 nitrogen and oxygen atoms in total. The van der Waals surface area contributed by atoms with Crippen LogP contribution in [0, 0.1) is 6.92 Å². The molecule has 0 N–H and O–H groups in total. The molecule has 1 aliphatic rings. The molecule has 0 spiro atoms. The lowest BCUT2D eigenvalue weighted by molar-refractivity contribution is -0.133. The van der Waals surface area contributed by atoms with Gasteiger partial charge in [0.05, 0.1) is 5.69 Å². The number of amides is 2. The van der Waals surface area contributed by atoms with E-state index in [4.69, 9.17) is 0 Å². The highest BCUT2D eigenvalue weighted by Gasteiger charge is 2.32. The Bertz CT molecular complexity index is 747. The molecule has 1 aromatic heterocycles. The van der Waals surface area contributed by atoms with Crippen LogP contribution in [0.3, 0.4) is 0 Å². The first-order valence-electron chi connectivity index (χ1n) is 8.51. The van der Waals surface area contributed by atoms with Gasteiger partial charge in [-0.2, -0.15) is 0 Å². The molecule has 0 saturated carbocycles. The standard InChI is InChI=1S/C18H22N4O2S/c1-3-15-12-21(18(24)17-13(2)19-20-25-17)10-9-16(23)22(15)11-14-7-5-4-6-8-14/h4-8,15H,3,9-12H2,1-2H3/t15-/m1/s1. The van der Waals surface area contributed by atoms with E-state index >= 15 is 0 Å². The second-order valence-electron chi connectivity index (χ2n) is 6.26. The van der Waals surface area contributed by atoms with Crippen molar-refractivity contribution in [2.75, 3.05) is 13.1 Å². The lowest BCUT2D eigenvalue weighted by Crippen LogP contribution is -2.43. The molecule has 1 aromatic carbocycles. The molecule has 0 radical (unpaired) electrons. The van der Waals surface area contributed by atoms with Crippen molar-refractivity contribution in [1.29, 1.82) is 0 Å². The van der Waals surface area contributed by atoms with Gasteiger partial charge in [-0.3, -0.25) is 9.59 Å². The number of aromatic nitrogens is 2. The maximum absolute atomic E-state index is 12.8. The molecule has 0 aliphatic carbocycles. The number of carbonyl (C=O) groups is 2. The van der Waals surface area contributed by atoms with Gasteiger partial charge in [-0.05, 0) is 30.4 Å². The largest absolute Gasteiger partial charge is 0.335 e. The molecule has 0 unspecified atom stereocenters. The Labute approximate surface area is 151 Å². The number of hydrogen-bond donors (Lipinski definition) is 0. The third kappa shape index (κ3) is 3.87. The maximum atomic E-state index is 12.8. The summed E-state index contributed by atoms with van der Waals surface area (Å²) in [5.41, 5.74) is 1.76. The monoisotopic (exact) mass is 358 g/mol. The van der Waals surface area contributed by atoms with E-state index in [1.54, 1.807) is 11.8 Å². The van der Waals surface area contributed by atoms with E-state index in [1.807, 2.05) is 35.2 Å². The van der Waals surface area contributed by atoms with Crippen LogP contribution >= 0.6 is 11.5 Å². The van der Waals surface area contributed by atoms with E-state index in [-0.39, 0.29) is 17.9 Å². The van der Waals surface area contributed by atoms with Gasteiger partial charge in [0.25, 0.3) is 5.91 Å². The van der Waals surface area contributed by atoms with Gasteiger partial charge in [0.15, 0.2) is 0 Å². The van der Waals surface area contributed by atoms with E-state index in [1.165, 1.54) is 0 Å². The second kappa shape index (κ2) is 7.74. The van der Waals surface area contributed by atoms with Crippen LogP contribution in [0.25, 0.3) is 0 Å². The molecule has 2 amide bonds. The maximum Gasteiger partial charge on any atom is 0.267 e. The van der Waals surface area contributed by atoms with E-state index < -0.39 is 0 Å². The Morgan fingerprint density at radius 2 is 2.08 bits per heavy atom. The number of rotatable bonds is 4. The lowest BCUT2D eigenvalue weighted by Gasteiger charge is -2.31. The predicted molar refractivity (Wildman–Crippen MR) is 96.2 cm³/mol. The zero-order chi connectivity index (χ0) is 17.8. The van der Waals surface area contributed by atoms with Gasteiger partial charge >= 0.3 is 0 Å². The molecular formula is C18H22N4O2S. The fourth-order valence-corrected chi connectivity index (χ4v) is 3.75. The van der Waals surface area contributed by atoms with Gasteiger partial charge in [-0.1, -0.05) is 41.7 Å². The summed E-state index contributed by atoms with van der Waals surface area (Å²) < 4.78 is 3.85. The fourth-order valence-electron chi connectivity index (χ4n) is 3.12. The quantitative estimate of drug-likeness (QED) is 0.842. The fraction of sp³-hybridized carbons (Fsp3) is 0.444. The summed E-state index contributed by atoms with van der Waals surface area (Å²) in [7, 11) is 0. The van der Waals surface area contributed by atoms with Crippen molar-refractivity contribution in [3.63, 3.8) is 0 Å². The molecule has 1 fully saturated rings. The molecule has 7 heteroatoms. The highest BCUT2D eigenvalue weighted by molar-refractivity contribution is 7.07. The normalized spacial score (nSPS) is 18.3. The van der Waals surface area contributed by atoms with E-state index in [0.717, 1.165) is 23.5 Å². The molecule has 2 aromatic rings. The zero-order valence-corrected chi connectivity index (χ0v) is 15.3. The Balaban J connectivity index is 1.79. The molecule has 2 heterocycles. The summed E-state index contributed by atoms with van der Waals surface area (Å²) in [6.45, 7) is 5.42. The SMILES string of the molecule is CC[C@@H]1CN(C(=O)c2snnc2C)CCC(=O)N1Cc1ccccc1. The summed E-state index contributed by atoms with van der Waals surface area (Å²) in [4.78, 5) is 29.7. The third-order valence-electron chi connectivity index (χ3n) is 4.59. The summed E-state index contributed by atoms with van der Waals surface area (Å²) in [6, 6.07) is 10.00. The third-order valence-corrected chi connectivity index (χ3v) is 5.40. The molecule has 132 valence electrons. The Kier molecular flexibility index (Phi) is 5.43. The average Bonchev–Trinajstić information content (AvgIpc) is 2.99. The predicted octanol–water partition coefficient (Wildman–Crippen LogP) is 2.50. The lowest BCUT2D eigenvalue weighted by atomic mass is 10.1. The highest BCUT2D eigenvalue weighted by Crippen LogP contribution is 2.21. The minimum absolute atomic E-state index is 0.0142. The smallest absolute Gasteiger partial charge is 0.267 e. The number of hydrogen-bond acceptors (Lipinski definition) is 5. The molecule has 25 heavy (non-hydrogen) atoms. The number of nitrogens with zero attached hydrogens (tertiary/aromatic N) is 4. The Morgan fingerprint density at radius 3 is 2.72 bits per heavy atom. The zero-order valence-electron chi connectivity index (χ0n) is 14.5. The molecule has 1 atom stereocenters. The van der Waals surface area contributed by atoms with Gasteiger partial charge in [0.1, 0.15) is 4.88 Å². The van der Waals surface area contributed by atoms with Crippen LogP contribution in [-0.2, 0) is 11.3 Å². The first-order chi connectivity index (χ1) is 12.1. The van der Waals surface area contributed by atoms with Crippen molar-refractivity contribution in [2.24, 2.45) is 0 Å². The molecule has 3 rings (SSSR count). The summed E-state index contributed by atoms with van der Waals surface area (Å²) in [5.74, 6) is 0.0328. The van der Waals surface area contributed by atoms with Crippen LogP contribution in [0.5, 0.6) is 0 Å². The highest BCUT2D eigenvalue weighted by atomic mass is 32.1. The van der Waals surface area contributed by atoms with Crippen molar-refractivity contribution in [2.45, 2.75) is 39.3 Å². The van der Waals surface area contributed by atoms with E-state index in [9.17, 15) is 9.59 Å². The van der Waals surface area contributed by atoms with Gasteiger partial charge in [0, 0.05) is 32.1 Å². The van der Waals surface area contributed by atoms with Gasteiger partial charge in [-0.15, -0.1) is 5.10 Å². The van der Waals surface area contributed by atoms with Crippen LogP contribution in [-0.4, -0.2) is 50.3 Å². The van der Waals surface area contributed by atoms with Crippen molar-refractivity contribution in [3.8, 4) is 0 Å². The van der Waals surface area contributed by atoms with Crippen molar-refractivity contribution >= 4 is 23.3 Å².